The van der Waals surface area contributed by atoms with Gasteiger partial charge in [-0.25, -0.2) is 9.97 Å². The number of nitrogens with one attached hydrogen (secondary N) is 3. The number of rotatable bonds is 9. The van der Waals surface area contributed by atoms with E-state index in [4.69, 9.17) is 0 Å². The van der Waals surface area contributed by atoms with Crippen LogP contribution in [0.5, 0.6) is 0 Å². The maximum atomic E-state index is 11.5. The maximum absolute atomic E-state index is 11.5. The van der Waals surface area contributed by atoms with Crippen LogP contribution in [0.1, 0.15) is 26.7 Å². The fourth-order valence-electron chi connectivity index (χ4n) is 1.54. The standard InChI is InChI=1S/C12H20N6O3/c1-3-5-13-9(19)7-15-12-10(18(20)21)11(14-6-4-2)16-8-17-12/h8H,3-7H2,1-2H3,(H,13,19)(H2,14,15,16,17). The summed E-state index contributed by atoms with van der Waals surface area (Å²) < 4.78 is 0. The van der Waals surface area contributed by atoms with Crippen LogP contribution in [0.25, 0.3) is 0 Å². The van der Waals surface area contributed by atoms with Gasteiger partial charge in [-0.15, -0.1) is 0 Å². The SMILES string of the molecule is CCCNC(=O)CNc1ncnc(NCCC)c1[N+](=O)[O-]. The molecule has 0 aliphatic carbocycles. The summed E-state index contributed by atoms with van der Waals surface area (Å²) in [6.45, 7) is 4.93. The highest BCUT2D eigenvalue weighted by Crippen LogP contribution is 2.28. The van der Waals surface area contributed by atoms with E-state index in [1.807, 2.05) is 13.8 Å². The molecule has 0 spiro atoms. The Morgan fingerprint density at radius 1 is 1.19 bits per heavy atom. The van der Waals surface area contributed by atoms with Gasteiger partial charge >= 0.3 is 5.69 Å². The van der Waals surface area contributed by atoms with Gasteiger partial charge in [0.2, 0.25) is 17.5 Å². The topological polar surface area (TPSA) is 122 Å². The number of amides is 1. The molecular weight excluding hydrogens is 276 g/mol. The summed E-state index contributed by atoms with van der Waals surface area (Å²) >= 11 is 0. The third-order valence-electron chi connectivity index (χ3n) is 2.54. The monoisotopic (exact) mass is 296 g/mol. The Bertz CT molecular complexity index is 494. The Kier molecular flexibility index (Phi) is 6.85. The Hall–Kier alpha value is -2.45. The first-order valence-corrected chi connectivity index (χ1v) is 6.83. The van der Waals surface area contributed by atoms with Gasteiger partial charge in [0.25, 0.3) is 0 Å². The van der Waals surface area contributed by atoms with E-state index in [0.717, 1.165) is 12.8 Å². The molecule has 9 nitrogen and oxygen atoms in total. The van der Waals surface area contributed by atoms with Crippen molar-refractivity contribution in [2.45, 2.75) is 26.7 Å². The van der Waals surface area contributed by atoms with Crippen LogP contribution in [-0.4, -0.2) is 40.4 Å². The zero-order chi connectivity index (χ0) is 15.7. The molecule has 116 valence electrons. The van der Waals surface area contributed by atoms with Crippen LogP contribution in [0, 0.1) is 10.1 Å². The number of hydrogen-bond acceptors (Lipinski definition) is 7. The lowest BCUT2D eigenvalue weighted by Crippen LogP contribution is -2.30. The fraction of sp³-hybridized carbons (Fsp3) is 0.583. The molecule has 0 saturated carbocycles. The number of nitro groups is 1. The predicted octanol–water partition coefficient (Wildman–Crippen LogP) is 1.14. The molecule has 0 radical (unpaired) electrons. The van der Waals surface area contributed by atoms with E-state index < -0.39 is 4.92 Å². The highest BCUT2D eigenvalue weighted by molar-refractivity contribution is 5.82. The molecule has 1 aromatic rings. The minimum Gasteiger partial charge on any atom is -0.364 e. The second kappa shape index (κ2) is 8.67. The highest BCUT2D eigenvalue weighted by Gasteiger charge is 2.22. The molecule has 1 rings (SSSR count). The van der Waals surface area contributed by atoms with Crippen molar-refractivity contribution in [2.24, 2.45) is 0 Å². The predicted molar refractivity (Wildman–Crippen MR) is 79.3 cm³/mol. The van der Waals surface area contributed by atoms with Gasteiger partial charge in [-0.1, -0.05) is 13.8 Å². The van der Waals surface area contributed by atoms with Crippen molar-refractivity contribution in [3.8, 4) is 0 Å². The molecule has 21 heavy (non-hydrogen) atoms. The molecule has 3 N–H and O–H groups in total. The summed E-state index contributed by atoms with van der Waals surface area (Å²) in [4.78, 5) is 29.8. The smallest absolute Gasteiger partial charge is 0.353 e. The number of anilines is 2. The van der Waals surface area contributed by atoms with E-state index in [1.54, 1.807) is 0 Å². The van der Waals surface area contributed by atoms with Crippen LogP contribution >= 0.6 is 0 Å². The lowest BCUT2D eigenvalue weighted by Gasteiger charge is -2.09. The third-order valence-corrected chi connectivity index (χ3v) is 2.54. The molecule has 0 bridgehead atoms. The van der Waals surface area contributed by atoms with Crippen LogP contribution in [-0.2, 0) is 4.79 Å². The molecule has 0 atom stereocenters. The Balaban J connectivity index is 2.81. The second-order valence-corrected chi connectivity index (χ2v) is 4.31. The third kappa shape index (κ3) is 5.21. The molecule has 0 aromatic carbocycles. The van der Waals surface area contributed by atoms with Crippen molar-refractivity contribution in [1.82, 2.24) is 15.3 Å². The van der Waals surface area contributed by atoms with Crippen molar-refractivity contribution < 1.29 is 9.72 Å². The van der Waals surface area contributed by atoms with Gasteiger partial charge in [-0.3, -0.25) is 14.9 Å². The van der Waals surface area contributed by atoms with Crippen molar-refractivity contribution in [1.29, 1.82) is 0 Å². The average molecular weight is 296 g/mol. The zero-order valence-corrected chi connectivity index (χ0v) is 12.2. The second-order valence-electron chi connectivity index (χ2n) is 4.31. The summed E-state index contributed by atoms with van der Waals surface area (Å²) in [7, 11) is 0. The largest absolute Gasteiger partial charge is 0.364 e. The zero-order valence-electron chi connectivity index (χ0n) is 12.2. The maximum Gasteiger partial charge on any atom is 0.353 e. The van der Waals surface area contributed by atoms with E-state index in [1.165, 1.54) is 6.33 Å². The van der Waals surface area contributed by atoms with Crippen molar-refractivity contribution in [2.75, 3.05) is 30.3 Å². The number of nitrogens with zero attached hydrogens (tertiary/aromatic N) is 3. The number of aromatic nitrogens is 2. The van der Waals surface area contributed by atoms with Gasteiger partial charge in [0.05, 0.1) is 11.5 Å². The lowest BCUT2D eigenvalue weighted by atomic mass is 10.4. The molecule has 0 aliphatic rings. The normalized spacial score (nSPS) is 10.0. The van der Waals surface area contributed by atoms with Crippen LogP contribution < -0.4 is 16.0 Å². The summed E-state index contributed by atoms with van der Waals surface area (Å²) in [6.07, 6.45) is 2.85. The molecule has 9 heteroatoms. The first-order chi connectivity index (χ1) is 10.1. The Labute approximate surface area is 122 Å². The number of hydrogen-bond donors (Lipinski definition) is 3. The van der Waals surface area contributed by atoms with Crippen LogP contribution in [0.3, 0.4) is 0 Å². The molecule has 1 aromatic heterocycles. The van der Waals surface area contributed by atoms with Crippen molar-refractivity contribution >= 4 is 23.2 Å². The number of carbonyl (C=O) groups excluding carboxylic acids is 1. The summed E-state index contributed by atoms with van der Waals surface area (Å²) in [5, 5.41) is 19.4. The van der Waals surface area contributed by atoms with Gasteiger partial charge in [-0.2, -0.15) is 0 Å². The van der Waals surface area contributed by atoms with Gasteiger partial charge in [-0.05, 0) is 12.8 Å². The lowest BCUT2D eigenvalue weighted by molar-refractivity contribution is -0.383. The van der Waals surface area contributed by atoms with E-state index in [0.29, 0.717) is 13.1 Å². The highest BCUT2D eigenvalue weighted by atomic mass is 16.6. The first kappa shape index (κ1) is 16.6. The summed E-state index contributed by atoms with van der Waals surface area (Å²) in [5.74, 6) is -0.0682. The van der Waals surface area contributed by atoms with E-state index in [9.17, 15) is 14.9 Å². The Morgan fingerprint density at radius 3 is 2.38 bits per heavy atom. The van der Waals surface area contributed by atoms with Gasteiger partial charge in [0, 0.05) is 13.1 Å². The molecule has 0 saturated heterocycles. The van der Waals surface area contributed by atoms with Crippen molar-refractivity contribution in [3.05, 3.63) is 16.4 Å². The van der Waals surface area contributed by atoms with E-state index >= 15 is 0 Å². The van der Waals surface area contributed by atoms with Crippen molar-refractivity contribution in [3.63, 3.8) is 0 Å². The van der Waals surface area contributed by atoms with Crippen LogP contribution in [0.15, 0.2) is 6.33 Å². The number of carbonyl (C=O) groups is 1. The van der Waals surface area contributed by atoms with Gasteiger partial charge in [0.15, 0.2) is 0 Å². The molecular formula is C12H20N6O3. The average Bonchev–Trinajstić information content (AvgIpc) is 2.48. The minimum atomic E-state index is -0.565. The van der Waals surface area contributed by atoms with Gasteiger partial charge < -0.3 is 16.0 Å². The first-order valence-electron chi connectivity index (χ1n) is 6.83. The van der Waals surface area contributed by atoms with Crippen LogP contribution in [0.4, 0.5) is 17.3 Å². The Morgan fingerprint density at radius 2 is 1.81 bits per heavy atom. The fourth-order valence-corrected chi connectivity index (χ4v) is 1.54. The summed E-state index contributed by atoms with van der Waals surface area (Å²) in [5.41, 5.74) is -0.255. The van der Waals surface area contributed by atoms with E-state index in [2.05, 4.69) is 25.9 Å². The van der Waals surface area contributed by atoms with Crippen LogP contribution in [0.2, 0.25) is 0 Å². The molecule has 0 unspecified atom stereocenters. The molecule has 1 heterocycles. The molecule has 1 amide bonds. The quantitative estimate of drug-likeness (QED) is 0.461. The minimum absolute atomic E-state index is 0.0280. The van der Waals surface area contributed by atoms with E-state index in [-0.39, 0.29) is 29.8 Å². The molecule has 0 fully saturated rings. The molecule has 0 aliphatic heterocycles. The summed E-state index contributed by atoms with van der Waals surface area (Å²) in [6, 6.07) is 0. The van der Waals surface area contributed by atoms with Gasteiger partial charge in [0.1, 0.15) is 6.33 Å².